The van der Waals surface area contributed by atoms with Crippen LogP contribution in [0.5, 0.6) is 5.75 Å². The number of amides is 1. The molecule has 2 N–H and O–H groups in total. The van der Waals surface area contributed by atoms with E-state index in [0.717, 1.165) is 37.8 Å². The summed E-state index contributed by atoms with van der Waals surface area (Å²) in [5.41, 5.74) is 1.63. The minimum absolute atomic E-state index is 0.0269. The van der Waals surface area contributed by atoms with Crippen LogP contribution in [0.3, 0.4) is 0 Å². The first-order chi connectivity index (χ1) is 12.8. The fourth-order valence-electron chi connectivity index (χ4n) is 3.07. The number of ether oxygens (including phenoxy) is 1. The fourth-order valence-corrected chi connectivity index (χ4v) is 4.24. The first kappa shape index (κ1) is 19.7. The largest absolute Gasteiger partial charge is 0.573 e. The number of aliphatic hydroxyl groups excluding tert-OH is 1. The summed E-state index contributed by atoms with van der Waals surface area (Å²) >= 11 is 1.49. The molecule has 1 amide bonds. The summed E-state index contributed by atoms with van der Waals surface area (Å²) in [6.45, 7) is -0.0269. The quantitative estimate of drug-likeness (QED) is 0.734. The molecular weight excluding hydrogens is 379 g/mol. The Balaban J connectivity index is 1.55. The molecule has 0 radical (unpaired) electrons. The third-order valence-corrected chi connectivity index (χ3v) is 5.66. The predicted octanol–water partition coefficient (Wildman–Crippen LogP) is 4.38. The number of aryl methyl sites for hydroxylation is 2. The normalized spacial score (nSPS) is 15.6. The predicted molar refractivity (Wildman–Crippen MR) is 96.0 cm³/mol. The van der Waals surface area contributed by atoms with Gasteiger partial charge < -0.3 is 15.2 Å². The number of fused-ring (bicyclic) bond motifs is 1. The molecule has 1 aromatic carbocycles. The van der Waals surface area contributed by atoms with Crippen LogP contribution in [0.2, 0.25) is 0 Å². The van der Waals surface area contributed by atoms with Gasteiger partial charge >= 0.3 is 6.36 Å². The van der Waals surface area contributed by atoms with E-state index in [1.54, 1.807) is 0 Å². The molecule has 1 unspecified atom stereocenters. The molecule has 3 rings (SSSR count). The maximum Gasteiger partial charge on any atom is 0.573 e. The molecular formula is C19H20F3NO3S. The first-order valence-corrected chi connectivity index (χ1v) is 9.57. The molecule has 1 atom stereocenters. The SMILES string of the molecule is O=C(NCC(O)c1ccc(OC(F)(F)F)cc1)c1cc2c(s1)CCCCC2. The molecule has 1 aromatic heterocycles. The van der Waals surface area contributed by atoms with Gasteiger partial charge in [-0.25, -0.2) is 0 Å². The van der Waals surface area contributed by atoms with E-state index in [0.29, 0.717) is 10.4 Å². The zero-order valence-corrected chi connectivity index (χ0v) is 15.3. The molecule has 146 valence electrons. The lowest BCUT2D eigenvalue weighted by Crippen LogP contribution is -2.27. The number of alkyl halides is 3. The van der Waals surface area contributed by atoms with Gasteiger partial charge in [0, 0.05) is 11.4 Å². The van der Waals surface area contributed by atoms with Gasteiger partial charge in [0.05, 0.1) is 11.0 Å². The zero-order chi connectivity index (χ0) is 19.4. The van der Waals surface area contributed by atoms with E-state index < -0.39 is 12.5 Å². The van der Waals surface area contributed by atoms with Crippen LogP contribution >= 0.6 is 11.3 Å². The van der Waals surface area contributed by atoms with Crippen molar-refractivity contribution in [1.82, 2.24) is 5.32 Å². The zero-order valence-electron chi connectivity index (χ0n) is 14.5. The maximum atomic E-state index is 12.3. The third-order valence-electron chi connectivity index (χ3n) is 4.42. The number of thiophene rings is 1. The van der Waals surface area contributed by atoms with Gasteiger partial charge in [-0.05, 0) is 55.0 Å². The summed E-state index contributed by atoms with van der Waals surface area (Å²) in [7, 11) is 0. The van der Waals surface area contributed by atoms with Gasteiger partial charge in [0.2, 0.25) is 0 Å². The molecule has 4 nitrogen and oxygen atoms in total. The van der Waals surface area contributed by atoms with E-state index in [1.807, 2.05) is 6.07 Å². The van der Waals surface area contributed by atoms with Gasteiger partial charge in [-0.3, -0.25) is 4.79 Å². The summed E-state index contributed by atoms with van der Waals surface area (Å²) < 4.78 is 40.3. The minimum Gasteiger partial charge on any atom is -0.406 e. The highest BCUT2D eigenvalue weighted by Gasteiger charge is 2.31. The van der Waals surface area contributed by atoms with Crippen molar-refractivity contribution in [3.63, 3.8) is 0 Å². The molecule has 2 aromatic rings. The number of aliphatic hydroxyl groups is 1. The van der Waals surface area contributed by atoms with Crippen molar-refractivity contribution >= 4 is 17.2 Å². The number of carbonyl (C=O) groups excluding carboxylic acids is 1. The highest BCUT2D eigenvalue weighted by atomic mass is 32.1. The average molecular weight is 399 g/mol. The van der Waals surface area contributed by atoms with Crippen molar-refractivity contribution in [2.24, 2.45) is 0 Å². The number of hydrogen-bond acceptors (Lipinski definition) is 4. The Morgan fingerprint density at radius 3 is 2.59 bits per heavy atom. The number of halogens is 3. The Morgan fingerprint density at radius 1 is 1.19 bits per heavy atom. The Bertz CT molecular complexity index is 763. The molecule has 1 heterocycles. The summed E-state index contributed by atoms with van der Waals surface area (Å²) in [6, 6.07) is 6.86. The van der Waals surface area contributed by atoms with Crippen molar-refractivity contribution in [3.8, 4) is 5.75 Å². The van der Waals surface area contributed by atoms with Gasteiger partial charge in [-0.15, -0.1) is 24.5 Å². The van der Waals surface area contributed by atoms with Crippen LogP contribution in [-0.4, -0.2) is 23.9 Å². The maximum absolute atomic E-state index is 12.3. The number of hydrogen-bond donors (Lipinski definition) is 2. The van der Waals surface area contributed by atoms with Crippen molar-refractivity contribution in [1.29, 1.82) is 0 Å². The van der Waals surface area contributed by atoms with Gasteiger partial charge in [0.25, 0.3) is 5.91 Å². The highest BCUT2D eigenvalue weighted by Crippen LogP contribution is 2.29. The van der Waals surface area contributed by atoms with E-state index in [1.165, 1.54) is 40.3 Å². The summed E-state index contributed by atoms with van der Waals surface area (Å²) in [5.74, 6) is -0.605. The number of benzene rings is 1. The molecule has 27 heavy (non-hydrogen) atoms. The van der Waals surface area contributed by atoms with Crippen molar-refractivity contribution in [2.45, 2.75) is 44.6 Å². The van der Waals surface area contributed by atoms with Gasteiger partial charge in [-0.2, -0.15) is 0 Å². The van der Waals surface area contributed by atoms with Crippen LogP contribution in [0.25, 0.3) is 0 Å². The number of carbonyl (C=O) groups is 1. The van der Waals surface area contributed by atoms with Crippen LogP contribution in [0.15, 0.2) is 30.3 Å². The minimum atomic E-state index is -4.76. The molecule has 0 bridgehead atoms. The molecule has 0 aliphatic heterocycles. The second-order valence-corrected chi connectivity index (χ2v) is 7.60. The van der Waals surface area contributed by atoms with Crippen LogP contribution < -0.4 is 10.1 Å². The molecule has 0 spiro atoms. The lowest BCUT2D eigenvalue weighted by atomic mass is 10.1. The Labute approximate surface area is 159 Å². The summed E-state index contributed by atoms with van der Waals surface area (Å²) in [6.07, 6.45) is -0.295. The van der Waals surface area contributed by atoms with E-state index in [9.17, 15) is 23.1 Å². The van der Waals surface area contributed by atoms with Crippen LogP contribution in [-0.2, 0) is 12.8 Å². The number of rotatable bonds is 5. The topological polar surface area (TPSA) is 58.6 Å². The molecule has 0 saturated carbocycles. The second-order valence-electron chi connectivity index (χ2n) is 6.46. The van der Waals surface area contributed by atoms with E-state index >= 15 is 0 Å². The van der Waals surface area contributed by atoms with Crippen LogP contribution in [0.4, 0.5) is 13.2 Å². The third kappa shape index (κ3) is 5.46. The lowest BCUT2D eigenvalue weighted by molar-refractivity contribution is -0.274. The standard InChI is InChI=1S/C19H20F3NO3S/c20-19(21,22)26-14-8-6-12(7-9-14)15(24)11-23-18(25)17-10-13-4-2-1-3-5-16(13)27-17/h6-10,15,24H,1-5,11H2,(H,23,25). The van der Waals surface area contributed by atoms with Gasteiger partial charge in [-0.1, -0.05) is 18.6 Å². The molecule has 1 aliphatic carbocycles. The number of nitrogens with one attached hydrogen (secondary N) is 1. The second kappa shape index (κ2) is 8.31. The lowest BCUT2D eigenvalue weighted by Gasteiger charge is -2.13. The van der Waals surface area contributed by atoms with Crippen LogP contribution in [0, 0.1) is 0 Å². The molecule has 8 heteroatoms. The van der Waals surface area contributed by atoms with Crippen molar-refractivity contribution in [3.05, 3.63) is 51.2 Å². The smallest absolute Gasteiger partial charge is 0.406 e. The molecule has 1 aliphatic rings. The van der Waals surface area contributed by atoms with Gasteiger partial charge in [0.1, 0.15) is 5.75 Å². The Kier molecular flexibility index (Phi) is 6.06. The van der Waals surface area contributed by atoms with Crippen molar-refractivity contribution in [2.75, 3.05) is 6.54 Å². The van der Waals surface area contributed by atoms with E-state index in [-0.39, 0.29) is 18.2 Å². The monoisotopic (exact) mass is 399 g/mol. The molecule has 0 saturated heterocycles. The molecule has 0 fully saturated rings. The summed E-state index contributed by atoms with van der Waals surface area (Å²) in [4.78, 5) is 14.2. The highest BCUT2D eigenvalue weighted by molar-refractivity contribution is 7.14. The van der Waals surface area contributed by atoms with E-state index in [2.05, 4.69) is 10.1 Å². The first-order valence-electron chi connectivity index (χ1n) is 8.75. The fraction of sp³-hybridized carbons (Fsp3) is 0.421. The van der Waals surface area contributed by atoms with Crippen LogP contribution in [0.1, 0.15) is 51.0 Å². The van der Waals surface area contributed by atoms with Crippen molar-refractivity contribution < 1.29 is 27.8 Å². The Hall–Kier alpha value is -2.06. The van der Waals surface area contributed by atoms with E-state index in [4.69, 9.17) is 0 Å². The van der Waals surface area contributed by atoms with Gasteiger partial charge in [0.15, 0.2) is 0 Å². The Morgan fingerprint density at radius 2 is 1.89 bits per heavy atom. The summed E-state index contributed by atoms with van der Waals surface area (Å²) in [5, 5.41) is 12.8. The average Bonchev–Trinajstić information content (AvgIpc) is 2.89.